The summed E-state index contributed by atoms with van der Waals surface area (Å²) in [4.78, 5) is 18.5. The van der Waals surface area contributed by atoms with Crippen LogP contribution in [-0.4, -0.2) is 57.6 Å². The topological polar surface area (TPSA) is 52.2 Å². The Morgan fingerprint density at radius 1 is 1.04 bits per heavy atom. The molecule has 1 N–H and O–H groups in total. The molecule has 0 bridgehead atoms. The van der Waals surface area contributed by atoms with E-state index in [9.17, 15) is 4.79 Å². The van der Waals surface area contributed by atoms with Gasteiger partial charge in [0.05, 0.1) is 0 Å². The summed E-state index contributed by atoms with van der Waals surface area (Å²) in [5.74, 6) is 0.848. The average molecular weight is 345 g/mol. The average Bonchev–Trinajstić information content (AvgIpc) is 3.24. The number of nitrogens with zero attached hydrogens (tertiary/aromatic N) is 3. The number of carbonyl (C=O) groups excluding carboxylic acids is 1. The first-order valence-electron chi connectivity index (χ1n) is 10.3. The Kier molecular flexibility index (Phi) is 5.11. The first kappa shape index (κ1) is 17.1. The smallest absolute Gasteiger partial charge is 0.243 e. The summed E-state index contributed by atoms with van der Waals surface area (Å²) in [6.45, 7) is 4.02. The van der Waals surface area contributed by atoms with Crippen LogP contribution in [0.1, 0.15) is 75.8 Å². The van der Waals surface area contributed by atoms with Crippen LogP contribution < -0.4 is 0 Å². The van der Waals surface area contributed by atoms with Crippen molar-refractivity contribution in [2.45, 2.75) is 75.7 Å². The van der Waals surface area contributed by atoms with Crippen LogP contribution in [0.25, 0.3) is 0 Å². The summed E-state index contributed by atoms with van der Waals surface area (Å²) in [5, 5.41) is 7.23. The largest absolute Gasteiger partial charge is 0.340 e. The van der Waals surface area contributed by atoms with Gasteiger partial charge in [0.15, 0.2) is 0 Å². The van der Waals surface area contributed by atoms with Crippen molar-refractivity contribution in [3.8, 4) is 0 Å². The molecule has 1 saturated carbocycles. The van der Waals surface area contributed by atoms with Crippen LogP contribution in [0.3, 0.4) is 0 Å². The predicted molar refractivity (Wildman–Crippen MR) is 98.4 cm³/mol. The quantitative estimate of drug-likeness (QED) is 0.915. The minimum Gasteiger partial charge on any atom is -0.340 e. The van der Waals surface area contributed by atoms with Gasteiger partial charge in [-0.25, -0.2) is 0 Å². The summed E-state index contributed by atoms with van der Waals surface area (Å²) in [7, 11) is 0. The summed E-state index contributed by atoms with van der Waals surface area (Å²) >= 11 is 0. The Balaban J connectivity index is 1.53. The van der Waals surface area contributed by atoms with E-state index in [0.717, 1.165) is 51.9 Å². The minimum absolute atomic E-state index is 0.200. The summed E-state index contributed by atoms with van der Waals surface area (Å²) in [6, 6.07) is 2.07. The van der Waals surface area contributed by atoms with Gasteiger partial charge in [-0.2, -0.15) is 5.10 Å². The van der Waals surface area contributed by atoms with Crippen LogP contribution in [0, 0.1) is 0 Å². The zero-order valence-electron chi connectivity index (χ0n) is 15.4. The fourth-order valence-corrected chi connectivity index (χ4v) is 5.33. The monoisotopic (exact) mass is 344 g/mol. The maximum Gasteiger partial charge on any atom is 0.243 e. The van der Waals surface area contributed by atoms with E-state index < -0.39 is 0 Å². The number of piperidine rings is 2. The maximum atomic E-state index is 13.7. The lowest BCUT2D eigenvalue weighted by Gasteiger charge is -2.49. The van der Waals surface area contributed by atoms with E-state index in [2.05, 4.69) is 26.1 Å². The van der Waals surface area contributed by atoms with E-state index in [1.165, 1.54) is 44.2 Å². The number of aromatic amines is 1. The second-order valence-corrected chi connectivity index (χ2v) is 8.24. The second-order valence-electron chi connectivity index (χ2n) is 8.24. The van der Waals surface area contributed by atoms with Gasteiger partial charge in [0.1, 0.15) is 5.54 Å². The normalized spacial score (nSPS) is 28.0. The number of hydrogen-bond donors (Lipinski definition) is 1. The van der Waals surface area contributed by atoms with Crippen LogP contribution in [0.4, 0.5) is 0 Å². The zero-order chi connectivity index (χ0) is 17.1. The van der Waals surface area contributed by atoms with Crippen molar-refractivity contribution in [1.29, 1.82) is 0 Å². The zero-order valence-corrected chi connectivity index (χ0v) is 15.4. The number of aromatic nitrogens is 2. The van der Waals surface area contributed by atoms with Gasteiger partial charge < -0.3 is 4.90 Å². The number of H-pyrrole nitrogens is 1. The second kappa shape index (κ2) is 7.48. The molecule has 1 aromatic rings. The Morgan fingerprint density at radius 2 is 1.80 bits per heavy atom. The molecule has 2 aliphatic heterocycles. The van der Waals surface area contributed by atoms with E-state index in [0.29, 0.717) is 11.8 Å². The first-order chi connectivity index (χ1) is 12.3. The number of hydrogen-bond acceptors (Lipinski definition) is 3. The number of likely N-dealkylation sites (tertiary alicyclic amines) is 2. The highest BCUT2D eigenvalue weighted by molar-refractivity contribution is 5.86. The highest BCUT2D eigenvalue weighted by Crippen LogP contribution is 2.38. The van der Waals surface area contributed by atoms with Crippen molar-refractivity contribution in [2.75, 3.05) is 26.2 Å². The Morgan fingerprint density at radius 3 is 2.52 bits per heavy atom. The standard InChI is InChI=1S/C20H32N4O/c25-19(23-13-7-8-17(16-23)18-9-12-21-22-18)20(10-3-1-4-11-20)24-14-5-2-6-15-24/h9,12,17H,1-8,10-11,13-16H2,(H,21,22)/t17-/m0/s1. The van der Waals surface area contributed by atoms with Crippen molar-refractivity contribution < 1.29 is 4.79 Å². The summed E-state index contributed by atoms with van der Waals surface area (Å²) < 4.78 is 0. The molecule has 0 spiro atoms. The van der Waals surface area contributed by atoms with Gasteiger partial charge in [0.2, 0.25) is 5.91 Å². The third-order valence-corrected chi connectivity index (χ3v) is 6.71. The first-order valence-corrected chi connectivity index (χ1v) is 10.3. The number of rotatable bonds is 3. The van der Waals surface area contributed by atoms with E-state index in [1.807, 2.05) is 6.20 Å². The highest BCUT2D eigenvalue weighted by Gasteiger charge is 2.47. The van der Waals surface area contributed by atoms with E-state index in [-0.39, 0.29) is 5.54 Å². The molecule has 1 amide bonds. The molecule has 4 rings (SSSR count). The fraction of sp³-hybridized carbons (Fsp3) is 0.800. The van der Waals surface area contributed by atoms with Gasteiger partial charge in [-0.15, -0.1) is 0 Å². The molecule has 0 radical (unpaired) electrons. The van der Waals surface area contributed by atoms with Crippen molar-refractivity contribution in [2.24, 2.45) is 0 Å². The van der Waals surface area contributed by atoms with Crippen LogP contribution >= 0.6 is 0 Å². The summed E-state index contributed by atoms with van der Waals surface area (Å²) in [5.41, 5.74) is 0.988. The predicted octanol–water partition coefficient (Wildman–Crippen LogP) is 3.30. The Labute approximate surface area is 151 Å². The van der Waals surface area contributed by atoms with Gasteiger partial charge in [0, 0.05) is 30.9 Å². The van der Waals surface area contributed by atoms with E-state index >= 15 is 0 Å². The van der Waals surface area contributed by atoms with Gasteiger partial charge in [-0.3, -0.25) is 14.8 Å². The Bertz CT molecular complexity index is 558. The third-order valence-electron chi connectivity index (χ3n) is 6.71. The lowest BCUT2D eigenvalue weighted by atomic mass is 9.77. The van der Waals surface area contributed by atoms with Crippen LogP contribution in [0.5, 0.6) is 0 Å². The van der Waals surface area contributed by atoms with Crippen molar-refractivity contribution in [3.05, 3.63) is 18.0 Å². The van der Waals surface area contributed by atoms with Crippen LogP contribution in [0.2, 0.25) is 0 Å². The molecule has 1 atom stereocenters. The van der Waals surface area contributed by atoms with Crippen molar-refractivity contribution >= 4 is 5.91 Å². The molecule has 2 saturated heterocycles. The van der Waals surface area contributed by atoms with Crippen LogP contribution in [0.15, 0.2) is 12.3 Å². The summed E-state index contributed by atoms with van der Waals surface area (Å²) in [6.07, 6.45) is 13.8. The minimum atomic E-state index is -0.200. The molecule has 3 fully saturated rings. The van der Waals surface area contributed by atoms with Crippen molar-refractivity contribution in [1.82, 2.24) is 20.0 Å². The van der Waals surface area contributed by atoms with E-state index in [1.54, 1.807) is 0 Å². The molecule has 5 heteroatoms. The molecule has 3 aliphatic rings. The molecular weight excluding hydrogens is 312 g/mol. The van der Waals surface area contributed by atoms with Gasteiger partial charge in [-0.05, 0) is 57.7 Å². The molecular formula is C20H32N4O. The molecule has 0 aromatic carbocycles. The molecule has 1 aromatic heterocycles. The molecule has 3 heterocycles. The maximum absolute atomic E-state index is 13.7. The third kappa shape index (κ3) is 3.35. The SMILES string of the molecule is O=C(N1CCC[C@H](c2ccn[nH]2)C1)C1(N2CCCCC2)CCCCC1. The Hall–Kier alpha value is -1.36. The highest BCUT2D eigenvalue weighted by atomic mass is 16.2. The molecule has 0 unspecified atom stereocenters. The lowest BCUT2D eigenvalue weighted by molar-refractivity contribution is -0.149. The van der Waals surface area contributed by atoms with Crippen molar-refractivity contribution in [3.63, 3.8) is 0 Å². The van der Waals surface area contributed by atoms with Gasteiger partial charge in [-0.1, -0.05) is 25.7 Å². The molecule has 138 valence electrons. The number of nitrogens with one attached hydrogen (secondary N) is 1. The fourth-order valence-electron chi connectivity index (χ4n) is 5.33. The van der Waals surface area contributed by atoms with Gasteiger partial charge >= 0.3 is 0 Å². The molecule has 1 aliphatic carbocycles. The molecule has 25 heavy (non-hydrogen) atoms. The number of amides is 1. The molecule has 5 nitrogen and oxygen atoms in total. The number of carbonyl (C=O) groups is 1. The lowest BCUT2D eigenvalue weighted by Crippen LogP contribution is -2.62. The van der Waals surface area contributed by atoms with Gasteiger partial charge in [0.25, 0.3) is 0 Å². The van der Waals surface area contributed by atoms with Crippen LogP contribution in [-0.2, 0) is 4.79 Å². The van der Waals surface area contributed by atoms with E-state index in [4.69, 9.17) is 0 Å².